The molecule has 0 saturated heterocycles. The Morgan fingerprint density at radius 2 is 1.74 bits per heavy atom. The molecule has 0 amide bonds. The number of ether oxygens (including phenoxy) is 4. The van der Waals surface area contributed by atoms with Crippen LogP contribution in [0, 0.1) is 0 Å². The minimum atomic E-state index is -0.592. The minimum Gasteiger partial charge on any atom is -0.467 e. The molecule has 1 N–H and O–H groups in total. The molecule has 1 aromatic carbocycles. The zero-order chi connectivity index (χ0) is 14.3. The largest absolute Gasteiger partial charge is 0.467 e. The van der Waals surface area contributed by atoms with Crippen LogP contribution in [0.1, 0.15) is 31.1 Å². The monoisotopic (exact) mass is 270 g/mol. The number of benzene rings is 1. The Morgan fingerprint density at radius 3 is 2.26 bits per heavy atom. The molecule has 5 nitrogen and oxygen atoms in total. The van der Waals surface area contributed by atoms with Gasteiger partial charge in [-0.2, -0.15) is 0 Å². The second kappa shape index (κ2) is 7.99. The van der Waals surface area contributed by atoms with Gasteiger partial charge in [0.05, 0.1) is 6.10 Å². The maximum atomic E-state index is 9.86. The Labute approximate surface area is 114 Å². The van der Waals surface area contributed by atoms with Crippen LogP contribution in [0.4, 0.5) is 0 Å². The van der Waals surface area contributed by atoms with Gasteiger partial charge in [0.25, 0.3) is 0 Å². The summed E-state index contributed by atoms with van der Waals surface area (Å²) in [4.78, 5) is 0. The van der Waals surface area contributed by atoms with E-state index >= 15 is 0 Å². The molecule has 0 spiro atoms. The van der Waals surface area contributed by atoms with Gasteiger partial charge in [-0.3, -0.25) is 0 Å². The first kappa shape index (κ1) is 15.8. The molecule has 0 aliphatic heterocycles. The maximum absolute atomic E-state index is 9.86. The van der Waals surface area contributed by atoms with E-state index in [2.05, 4.69) is 0 Å². The average Bonchev–Trinajstić information content (AvgIpc) is 2.41. The first-order valence-corrected chi connectivity index (χ1v) is 6.22. The fraction of sp³-hybridized carbons (Fsp3) is 0.571. The molecule has 1 unspecified atom stereocenters. The number of hydrogen-bond donors (Lipinski definition) is 1. The lowest BCUT2D eigenvalue weighted by molar-refractivity contribution is 0.0451. The second-order valence-electron chi connectivity index (χ2n) is 4.12. The summed E-state index contributed by atoms with van der Waals surface area (Å²) in [5.74, 6) is 1.26. The molecule has 0 saturated carbocycles. The van der Waals surface area contributed by atoms with Crippen molar-refractivity contribution >= 4 is 0 Å². The minimum absolute atomic E-state index is 0.147. The molecule has 1 rings (SSSR count). The molecule has 5 heteroatoms. The van der Waals surface area contributed by atoms with Crippen LogP contribution in [0.15, 0.2) is 12.1 Å². The van der Waals surface area contributed by atoms with Gasteiger partial charge >= 0.3 is 0 Å². The lowest BCUT2D eigenvalue weighted by atomic mass is 9.99. The van der Waals surface area contributed by atoms with E-state index in [1.807, 2.05) is 13.0 Å². The van der Waals surface area contributed by atoms with Gasteiger partial charge in [0.15, 0.2) is 13.6 Å². The van der Waals surface area contributed by atoms with Crippen LogP contribution in [-0.4, -0.2) is 32.9 Å². The molecule has 0 aliphatic carbocycles. The van der Waals surface area contributed by atoms with E-state index in [-0.39, 0.29) is 13.6 Å². The summed E-state index contributed by atoms with van der Waals surface area (Å²) in [7, 11) is 3.12. The highest BCUT2D eigenvalue weighted by atomic mass is 16.7. The molecule has 0 fully saturated rings. The summed E-state index contributed by atoms with van der Waals surface area (Å²) in [6, 6.07) is 3.59. The van der Waals surface area contributed by atoms with Crippen molar-refractivity contribution in [2.45, 2.75) is 26.4 Å². The zero-order valence-electron chi connectivity index (χ0n) is 11.9. The van der Waals surface area contributed by atoms with Crippen molar-refractivity contribution in [3.05, 3.63) is 23.3 Å². The topological polar surface area (TPSA) is 57.2 Å². The van der Waals surface area contributed by atoms with Crippen LogP contribution in [-0.2, 0) is 15.9 Å². The smallest absolute Gasteiger partial charge is 0.188 e. The summed E-state index contributed by atoms with van der Waals surface area (Å²) in [5.41, 5.74) is 1.75. The van der Waals surface area contributed by atoms with Crippen LogP contribution in [0.5, 0.6) is 11.5 Å². The number of hydrogen-bond acceptors (Lipinski definition) is 5. The van der Waals surface area contributed by atoms with Gasteiger partial charge in [-0.25, -0.2) is 0 Å². The Morgan fingerprint density at radius 1 is 1.11 bits per heavy atom. The van der Waals surface area contributed by atoms with Crippen LogP contribution >= 0.6 is 0 Å². The van der Waals surface area contributed by atoms with Gasteiger partial charge in [-0.15, -0.1) is 0 Å². The predicted molar refractivity (Wildman–Crippen MR) is 71.5 cm³/mol. The first-order valence-electron chi connectivity index (χ1n) is 6.22. The van der Waals surface area contributed by atoms with E-state index < -0.39 is 6.10 Å². The number of methoxy groups -OCH3 is 2. The Bertz CT molecular complexity index is 390. The van der Waals surface area contributed by atoms with E-state index in [9.17, 15) is 5.11 Å². The highest BCUT2D eigenvalue weighted by molar-refractivity contribution is 5.47. The van der Waals surface area contributed by atoms with Crippen molar-refractivity contribution in [3.8, 4) is 11.5 Å². The van der Waals surface area contributed by atoms with Crippen LogP contribution < -0.4 is 9.47 Å². The molecule has 0 aliphatic rings. The Kier molecular flexibility index (Phi) is 6.62. The van der Waals surface area contributed by atoms with Crippen molar-refractivity contribution in [1.82, 2.24) is 0 Å². The Hall–Kier alpha value is -1.30. The highest BCUT2D eigenvalue weighted by Gasteiger charge is 2.15. The van der Waals surface area contributed by atoms with Gasteiger partial charge in [0, 0.05) is 25.8 Å². The van der Waals surface area contributed by atoms with Crippen molar-refractivity contribution in [2.75, 3.05) is 27.8 Å². The molecule has 1 aromatic rings. The molecule has 19 heavy (non-hydrogen) atoms. The maximum Gasteiger partial charge on any atom is 0.188 e. The lowest BCUT2D eigenvalue weighted by Gasteiger charge is -2.18. The van der Waals surface area contributed by atoms with E-state index in [0.29, 0.717) is 11.5 Å². The average molecular weight is 270 g/mol. The normalized spacial score (nSPS) is 12.3. The van der Waals surface area contributed by atoms with E-state index in [1.165, 1.54) is 0 Å². The standard InChI is InChI=1S/C14H22O5/c1-5-12-13(10(2)15)6-11(18-8-16-3)7-14(12)19-9-17-4/h6-7,10,15H,5,8-9H2,1-4H3. The molecule has 0 bridgehead atoms. The van der Waals surface area contributed by atoms with Gasteiger partial charge in [0.1, 0.15) is 11.5 Å². The highest BCUT2D eigenvalue weighted by Crippen LogP contribution is 2.33. The van der Waals surface area contributed by atoms with Crippen molar-refractivity contribution in [3.63, 3.8) is 0 Å². The molecular weight excluding hydrogens is 248 g/mol. The molecule has 0 heterocycles. The van der Waals surface area contributed by atoms with E-state index in [1.54, 1.807) is 27.2 Å². The summed E-state index contributed by atoms with van der Waals surface area (Å²) >= 11 is 0. The van der Waals surface area contributed by atoms with E-state index in [0.717, 1.165) is 17.5 Å². The number of aliphatic hydroxyl groups is 1. The zero-order valence-corrected chi connectivity index (χ0v) is 11.9. The summed E-state index contributed by atoms with van der Waals surface area (Å²) in [6.07, 6.45) is 0.162. The summed E-state index contributed by atoms with van der Waals surface area (Å²) in [6.45, 7) is 4.03. The third kappa shape index (κ3) is 4.38. The fourth-order valence-corrected chi connectivity index (χ4v) is 1.85. The van der Waals surface area contributed by atoms with Crippen molar-refractivity contribution in [1.29, 1.82) is 0 Å². The lowest BCUT2D eigenvalue weighted by Crippen LogP contribution is -2.07. The summed E-state index contributed by atoms with van der Waals surface area (Å²) < 4.78 is 20.7. The number of aliphatic hydroxyl groups excluding tert-OH is 1. The van der Waals surface area contributed by atoms with Crippen molar-refractivity contribution < 1.29 is 24.1 Å². The van der Waals surface area contributed by atoms with Gasteiger partial charge in [0.2, 0.25) is 0 Å². The van der Waals surface area contributed by atoms with Gasteiger partial charge in [-0.1, -0.05) is 6.92 Å². The predicted octanol–water partition coefficient (Wildman–Crippen LogP) is 2.27. The quantitative estimate of drug-likeness (QED) is 0.734. The SMILES string of the molecule is CCc1c(OCOC)cc(OCOC)cc1C(C)O. The fourth-order valence-electron chi connectivity index (χ4n) is 1.85. The van der Waals surface area contributed by atoms with Gasteiger partial charge in [-0.05, 0) is 25.0 Å². The van der Waals surface area contributed by atoms with Crippen LogP contribution in [0.25, 0.3) is 0 Å². The molecule has 108 valence electrons. The van der Waals surface area contributed by atoms with E-state index in [4.69, 9.17) is 18.9 Å². The second-order valence-corrected chi connectivity index (χ2v) is 4.12. The van der Waals surface area contributed by atoms with Gasteiger partial charge < -0.3 is 24.1 Å². The molecular formula is C14H22O5. The third-order valence-electron chi connectivity index (χ3n) is 2.70. The van der Waals surface area contributed by atoms with Crippen LogP contribution in [0.3, 0.4) is 0 Å². The first-order chi connectivity index (χ1) is 9.13. The molecule has 0 aromatic heterocycles. The molecule has 0 radical (unpaired) electrons. The number of rotatable bonds is 8. The Balaban J connectivity index is 3.12. The van der Waals surface area contributed by atoms with Crippen LogP contribution in [0.2, 0.25) is 0 Å². The van der Waals surface area contributed by atoms with Crippen molar-refractivity contribution in [2.24, 2.45) is 0 Å². The summed E-state index contributed by atoms with van der Waals surface area (Å²) in [5, 5.41) is 9.86. The third-order valence-corrected chi connectivity index (χ3v) is 2.70. The molecule has 1 atom stereocenters.